The number of rotatable bonds is 1. The predicted octanol–water partition coefficient (Wildman–Crippen LogP) is 2.72. The van der Waals surface area contributed by atoms with Gasteiger partial charge in [0, 0.05) is 19.0 Å². The normalized spacial score (nSPS) is 19.4. The maximum Gasteiger partial charge on any atom is 0.157 e. The molecule has 0 bridgehead atoms. The zero-order valence-corrected chi connectivity index (χ0v) is 11.6. The number of benzene rings is 2. The van der Waals surface area contributed by atoms with E-state index in [0.717, 1.165) is 30.6 Å². The maximum atomic E-state index is 9.83. The molecule has 0 aliphatic carbocycles. The summed E-state index contributed by atoms with van der Waals surface area (Å²) in [5.74, 6) is 0.166. The molecular formula is C17H19NO2. The summed E-state index contributed by atoms with van der Waals surface area (Å²) in [7, 11) is 2.11. The van der Waals surface area contributed by atoms with E-state index in [1.165, 1.54) is 5.56 Å². The first-order chi connectivity index (χ1) is 9.65. The lowest BCUT2D eigenvalue weighted by atomic mass is 9.87. The van der Waals surface area contributed by atoms with Crippen LogP contribution in [0, 0.1) is 0 Å². The summed E-state index contributed by atoms with van der Waals surface area (Å²) in [4.78, 5) is 2.30. The number of phenolic OH excluding ortho intramolecular Hbond substituents is 2. The van der Waals surface area contributed by atoms with Crippen LogP contribution in [-0.4, -0.2) is 35.3 Å². The highest BCUT2D eigenvalue weighted by atomic mass is 16.3. The molecule has 1 unspecified atom stereocenters. The zero-order chi connectivity index (χ0) is 14.1. The van der Waals surface area contributed by atoms with Gasteiger partial charge >= 0.3 is 0 Å². The van der Waals surface area contributed by atoms with Gasteiger partial charge in [0.05, 0.1) is 0 Å². The van der Waals surface area contributed by atoms with E-state index < -0.39 is 0 Å². The third-order valence-electron chi connectivity index (χ3n) is 4.07. The van der Waals surface area contributed by atoms with Gasteiger partial charge < -0.3 is 15.1 Å². The molecule has 20 heavy (non-hydrogen) atoms. The summed E-state index contributed by atoms with van der Waals surface area (Å²) in [5, 5.41) is 19.6. The number of phenols is 2. The van der Waals surface area contributed by atoms with Gasteiger partial charge in [-0.15, -0.1) is 0 Å². The smallest absolute Gasteiger partial charge is 0.157 e. The van der Waals surface area contributed by atoms with Gasteiger partial charge in [0.25, 0.3) is 0 Å². The molecule has 1 atom stereocenters. The molecule has 0 saturated carbocycles. The van der Waals surface area contributed by atoms with Crippen LogP contribution >= 0.6 is 0 Å². The number of nitrogens with zero attached hydrogens (tertiary/aromatic N) is 1. The van der Waals surface area contributed by atoms with Gasteiger partial charge in [-0.1, -0.05) is 30.3 Å². The summed E-state index contributed by atoms with van der Waals surface area (Å²) >= 11 is 0. The number of fused-ring (bicyclic) bond motifs is 1. The van der Waals surface area contributed by atoms with Gasteiger partial charge in [-0.3, -0.25) is 0 Å². The van der Waals surface area contributed by atoms with Gasteiger partial charge in [-0.05, 0) is 42.3 Å². The van der Waals surface area contributed by atoms with E-state index in [9.17, 15) is 10.2 Å². The van der Waals surface area contributed by atoms with Crippen molar-refractivity contribution in [2.24, 2.45) is 0 Å². The van der Waals surface area contributed by atoms with Crippen LogP contribution in [0.2, 0.25) is 0 Å². The monoisotopic (exact) mass is 268 g/mol. The summed E-state index contributed by atoms with van der Waals surface area (Å²) in [6.07, 6.45) is 0.892. The van der Waals surface area contributed by atoms with Crippen LogP contribution in [0.4, 0.5) is 0 Å². The first kappa shape index (κ1) is 13.0. The van der Waals surface area contributed by atoms with Crippen LogP contribution in [0.3, 0.4) is 0 Å². The van der Waals surface area contributed by atoms with Crippen LogP contribution in [0.15, 0.2) is 42.5 Å². The molecule has 1 aliphatic heterocycles. The lowest BCUT2D eigenvalue weighted by molar-refractivity contribution is 0.338. The second kappa shape index (κ2) is 5.17. The average Bonchev–Trinajstić information content (AvgIpc) is 2.61. The Balaban J connectivity index is 2.12. The number of hydrogen-bond acceptors (Lipinski definition) is 3. The van der Waals surface area contributed by atoms with E-state index in [4.69, 9.17) is 0 Å². The molecule has 2 aromatic rings. The number of hydrogen-bond donors (Lipinski definition) is 2. The first-order valence-electron chi connectivity index (χ1n) is 6.93. The van der Waals surface area contributed by atoms with E-state index in [0.29, 0.717) is 0 Å². The molecule has 104 valence electrons. The molecule has 3 nitrogen and oxygen atoms in total. The molecule has 1 aliphatic rings. The second-order valence-electron chi connectivity index (χ2n) is 5.52. The predicted molar refractivity (Wildman–Crippen MR) is 79.3 cm³/mol. The lowest BCUT2D eigenvalue weighted by Gasteiger charge is -2.22. The molecule has 2 N–H and O–H groups in total. The molecule has 0 spiro atoms. The minimum absolute atomic E-state index is 0.0277. The fraction of sp³-hybridized carbons (Fsp3) is 0.294. The SMILES string of the molecule is [11CH3]N1CCc2cc(O)c(O)cc2C(c2ccccc2)C1. The second-order valence-corrected chi connectivity index (χ2v) is 5.52. The average molecular weight is 268 g/mol. The topological polar surface area (TPSA) is 43.7 Å². The van der Waals surface area contributed by atoms with E-state index in [1.54, 1.807) is 12.1 Å². The molecule has 2 aromatic carbocycles. The summed E-state index contributed by atoms with van der Waals surface area (Å²) in [5.41, 5.74) is 3.49. The van der Waals surface area contributed by atoms with Gasteiger partial charge in [-0.2, -0.15) is 0 Å². The van der Waals surface area contributed by atoms with Crippen molar-refractivity contribution in [3.8, 4) is 11.5 Å². The lowest BCUT2D eigenvalue weighted by Crippen LogP contribution is -2.24. The Labute approximate surface area is 119 Å². The van der Waals surface area contributed by atoms with Crippen LogP contribution in [-0.2, 0) is 6.42 Å². The molecule has 1 heterocycles. The van der Waals surface area contributed by atoms with Gasteiger partial charge in [0.15, 0.2) is 11.5 Å². The van der Waals surface area contributed by atoms with Crippen molar-refractivity contribution >= 4 is 0 Å². The molecule has 0 radical (unpaired) electrons. The summed E-state index contributed by atoms with van der Waals surface area (Å²) in [6, 6.07) is 13.8. The quantitative estimate of drug-likeness (QED) is 0.782. The third kappa shape index (κ3) is 2.37. The summed E-state index contributed by atoms with van der Waals surface area (Å²) < 4.78 is 0. The van der Waals surface area contributed by atoms with E-state index >= 15 is 0 Å². The van der Waals surface area contributed by atoms with Crippen molar-refractivity contribution < 1.29 is 10.2 Å². The molecule has 3 heteroatoms. The minimum atomic E-state index is -0.0331. The Bertz CT molecular complexity index is 610. The largest absolute Gasteiger partial charge is 0.504 e. The molecule has 3 rings (SSSR count). The van der Waals surface area contributed by atoms with Crippen LogP contribution in [0.1, 0.15) is 22.6 Å². The Morgan fingerprint density at radius 1 is 1.05 bits per heavy atom. The van der Waals surface area contributed by atoms with Crippen molar-refractivity contribution in [3.63, 3.8) is 0 Å². The van der Waals surface area contributed by atoms with Crippen molar-refractivity contribution in [3.05, 3.63) is 59.2 Å². The van der Waals surface area contributed by atoms with Crippen molar-refractivity contribution in [2.75, 3.05) is 20.1 Å². The zero-order valence-electron chi connectivity index (χ0n) is 11.6. The van der Waals surface area contributed by atoms with E-state index in [1.807, 2.05) is 18.2 Å². The Morgan fingerprint density at radius 3 is 2.50 bits per heavy atom. The van der Waals surface area contributed by atoms with Gasteiger partial charge in [0.2, 0.25) is 0 Å². The standard InChI is InChI=1S/C17H19NO2/c1-18-8-7-13-9-16(19)17(20)10-14(13)15(11-18)12-5-3-2-4-6-12/h2-6,9-10,15,19-20H,7-8,11H2,1H3/i1-1. The Hall–Kier alpha value is -2.00. The third-order valence-corrected chi connectivity index (χ3v) is 4.07. The first-order valence-corrected chi connectivity index (χ1v) is 6.93. The fourth-order valence-corrected chi connectivity index (χ4v) is 2.96. The number of aromatic hydroxyl groups is 2. The highest BCUT2D eigenvalue weighted by molar-refractivity contribution is 5.50. The summed E-state index contributed by atoms with van der Waals surface area (Å²) in [6.45, 7) is 1.88. The number of likely N-dealkylation sites (N-methyl/N-ethyl adjacent to an activating group) is 1. The molecule has 0 amide bonds. The van der Waals surface area contributed by atoms with Crippen LogP contribution in [0.25, 0.3) is 0 Å². The van der Waals surface area contributed by atoms with Crippen molar-refractivity contribution in [1.82, 2.24) is 4.90 Å². The molecule has 0 aromatic heterocycles. The highest BCUT2D eigenvalue weighted by Crippen LogP contribution is 2.37. The van der Waals surface area contributed by atoms with Crippen LogP contribution < -0.4 is 0 Å². The molecular weight excluding hydrogens is 249 g/mol. The molecule has 0 fully saturated rings. The maximum absolute atomic E-state index is 9.83. The Morgan fingerprint density at radius 2 is 1.75 bits per heavy atom. The van der Waals surface area contributed by atoms with Crippen molar-refractivity contribution in [2.45, 2.75) is 12.3 Å². The fourth-order valence-electron chi connectivity index (χ4n) is 2.96. The minimum Gasteiger partial charge on any atom is -0.504 e. The Kier molecular flexibility index (Phi) is 3.36. The van der Waals surface area contributed by atoms with Gasteiger partial charge in [-0.25, -0.2) is 0 Å². The highest BCUT2D eigenvalue weighted by Gasteiger charge is 2.24. The van der Waals surface area contributed by atoms with E-state index in [2.05, 4.69) is 24.1 Å². The van der Waals surface area contributed by atoms with Gasteiger partial charge in [0.1, 0.15) is 0 Å². The van der Waals surface area contributed by atoms with E-state index in [-0.39, 0.29) is 17.4 Å². The molecule has 0 saturated heterocycles. The van der Waals surface area contributed by atoms with Crippen molar-refractivity contribution in [1.29, 1.82) is 0 Å². The van der Waals surface area contributed by atoms with Crippen LogP contribution in [0.5, 0.6) is 11.5 Å².